The molecule has 3 aromatic rings. The third-order valence-electron chi connectivity index (χ3n) is 4.41. The molecule has 9 heteroatoms. The van der Waals surface area contributed by atoms with E-state index in [1.807, 2.05) is 47.1 Å². The summed E-state index contributed by atoms with van der Waals surface area (Å²) in [6, 6.07) is 9.61. The molecule has 0 saturated carbocycles. The highest BCUT2D eigenvalue weighted by atomic mass is 35.5. The number of hydrogen-bond donors (Lipinski definition) is 2. The Labute approximate surface area is 188 Å². The van der Waals surface area contributed by atoms with Crippen molar-refractivity contribution < 1.29 is 0 Å². The lowest BCUT2D eigenvalue weighted by Crippen LogP contribution is -2.25. The molecule has 0 spiro atoms. The highest BCUT2D eigenvalue weighted by molar-refractivity contribution is 5.85. The minimum atomic E-state index is -0.245. The van der Waals surface area contributed by atoms with Crippen molar-refractivity contribution in [2.24, 2.45) is 0 Å². The summed E-state index contributed by atoms with van der Waals surface area (Å²) >= 11 is 0. The molecule has 0 fully saturated rings. The maximum absolute atomic E-state index is 12.3. The van der Waals surface area contributed by atoms with Crippen LogP contribution in [0.5, 0.6) is 0 Å². The number of aromatic amines is 1. The molecular formula is C21H28Cl2N6O. The van der Waals surface area contributed by atoms with Gasteiger partial charge in [0.25, 0.3) is 5.56 Å². The predicted molar refractivity (Wildman–Crippen MR) is 128 cm³/mol. The first-order valence-corrected chi connectivity index (χ1v) is 9.42. The quantitative estimate of drug-likeness (QED) is 0.338. The van der Waals surface area contributed by atoms with E-state index in [0.29, 0.717) is 17.1 Å². The monoisotopic (exact) mass is 450 g/mol. The number of H-pyrrole nitrogens is 1. The molecule has 30 heavy (non-hydrogen) atoms. The fourth-order valence-electron chi connectivity index (χ4n) is 3.07. The molecule has 7 nitrogen and oxygen atoms in total. The largest absolute Gasteiger partial charge is 0.326 e. The van der Waals surface area contributed by atoms with Gasteiger partial charge >= 0.3 is 0 Å². The second kappa shape index (κ2) is 12.8. The first-order valence-electron chi connectivity index (χ1n) is 9.42. The third kappa shape index (κ3) is 6.73. The Kier molecular flexibility index (Phi) is 10.9. The van der Waals surface area contributed by atoms with E-state index in [9.17, 15) is 4.79 Å². The number of nitrogens with one attached hydrogen (secondary N) is 2. The number of hydrogen-bond acceptors (Lipinski definition) is 5. The first-order chi connectivity index (χ1) is 13.7. The Bertz CT molecular complexity index is 976. The van der Waals surface area contributed by atoms with Crippen LogP contribution in [0, 0.1) is 0 Å². The number of aromatic nitrogens is 4. The summed E-state index contributed by atoms with van der Waals surface area (Å²) in [6.07, 6.45) is 7.49. The SMILES string of the molecule is C=CCN(CC=C)CCCCn1cnc2c(=O)[nH]c(Nc3ccccc3)nc21.Cl.Cl. The van der Waals surface area contributed by atoms with Crippen molar-refractivity contribution in [3.63, 3.8) is 0 Å². The fourth-order valence-corrected chi connectivity index (χ4v) is 3.07. The van der Waals surface area contributed by atoms with Crippen molar-refractivity contribution in [3.8, 4) is 0 Å². The van der Waals surface area contributed by atoms with Gasteiger partial charge in [-0.2, -0.15) is 4.98 Å². The van der Waals surface area contributed by atoms with Crippen LogP contribution in [0.15, 0.2) is 66.8 Å². The summed E-state index contributed by atoms with van der Waals surface area (Å²) in [5.74, 6) is 0.411. The van der Waals surface area contributed by atoms with E-state index in [4.69, 9.17) is 0 Å². The van der Waals surface area contributed by atoms with Gasteiger partial charge in [-0.3, -0.25) is 14.7 Å². The Balaban J connectivity index is 0.00000225. The molecule has 0 radical (unpaired) electrons. The van der Waals surface area contributed by atoms with Crippen molar-refractivity contribution in [2.75, 3.05) is 25.0 Å². The van der Waals surface area contributed by atoms with E-state index in [-0.39, 0.29) is 30.4 Å². The standard InChI is InChI=1S/C21H26N6O.2ClH/c1-3-12-26(13-4-2)14-8-9-15-27-16-22-18-19(27)24-21(25-20(18)28)23-17-10-6-5-7-11-17;;/h3-7,10-11,16H,1-2,8-9,12-15H2,(H2,23,24,25,28);2*1H. The Morgan fingerprint density at radius 2 is 1.80 bits per heavy atom. The van der Waals surface area contributed by atoms with Gasteiger partial charge in [-0.1, -0.05) is 30.4 Å². The summed E-state index contributed by atoms with van der Waals surface area (Å²) in [5, 5.41) is 3.13. The fraction of sp³-hybridized carbons (Fsp3) is 0.286. The number of benzene rings is 1. The molecule has 0 aliphatic carbocycles. The topological polar surface area (TPSA) is 78.8 Å². The number of rotatable bonds is 11. The summed E-state index contributed by atoms with van der Waals surface area (Å²) in [6.45, 7) is 11.0. The van der Waals surface area contributed by atoms with Gasteiger partial charge in [0.2, 0.25) is 5.95 Å². The molecule has 0 amide bonds. The predicted octanol–water partition coefficient (Wildman–Crippen LogP) is 4.16. The van der Waals surface area contributed by atoms with Crippen LogP contribution in [-0.2, 0) is 6.54 Å². The van der Waals surface area contributed by atoms with Crippen LogP contribution in [0.25, 0.3) is 11.2 Å². The van der Waals surface area contributed by atoms with E-state index in [2.05, 4.69) is 38.3 Å². The summed E-state index contributed by atoms with van der Waals surface area (Å²) < 4.78 is 1.94. The summed E-state index contributed by atoms with van der Waals surface area (Å²) in [5.41, 5.74) is 1.57. The van der Waals surface area contributed by atoms with Crippen molar-refractivity contribution >= 4 is 47.6 Å². The second-order valence-electron chi connectivity index (χ2n) is 6.56. The molecule has 2 aromatic heterocycles. The first kappa shape index (κ1) is 25.4. The average Bonchev–Trinajstić information content (AvgIpc) is 3.10. The van der Waals surface area contributed by atoms with Crippen LogP contribution in [0.2, 0.25) is 0 Å². The lowest BCUT2D eigenvalue weighted by molar-refractivity contribution is 0.323. The molecule has 2 heterocycles. The van der Waals surface area contributed by atoms with Gasteiger partial charge < -0.3 is 9.88 Å². The molecule has 0 aliphatic heterocycles. The van der Waals surface area contributed by atoms with E-state index >= 15 is 0 Å². The average molecular weight is 451 g/mol. The normalized spacial score (nSPS) is 10.3. The minimum Gasteiger partial charge on any atom is -0.326 e. The van der Waals surface area contributed by atoms with Crippen LogP contribution < -0.4 is 10.9 Å². The van der Waals surface area contributed by atoms with Crippen LogP contribution in [-0.4, -0.2) is 44.1 Å². The lowest BCUT2D eigenvalue weighted by Gasteiger charge is -2.18. The van der Waals surface area contributed by atoms with Crippen LogP contribution in [0.4, 0.5) is 11.6 Å². The van der Waals surface area contributed by atoms with Gasteiger partial charge in [-0.05, 0) is 31.5 Å². The number of halogens is 2. The Morgan fingerprint density at radius 1 is 1.10 bits per heavy atom. The number of anilines is 2. The van der Waals surface area contributed by atoms with Gasteiger partial charge in [0.05, 0.1) is 6.33 Å². The lowest BCUT2D eigenvalue weighted by atomic mass is 10.2. The minimum absolute atomic E-state index is 0. The summed E-state index contributed by atoms with van der Waals surface area (Å²) in [4.78, 5) is 26.2. The highest BCUT2D eigenvalue weighted by Gasteiger charge is 2.10. The number of unbranched alkanes of at least 4 members (excludes halogenated alkanes) is 1. The molecule has 2 N–H and O–H groups in total. The van der Waals surface area contributed by atoms with E-state index in [1.165, 1.54) is 0 Å². The Hall–Kier alpha value is -2.61. The van der Waals surface area contributed by atoms with Gasteiger partial charge in [0, 0.05) is 25.3 Å². The van der Waals surface area contributed by atoms with E-state index < -0.39 is 0 Å². The number of aryl methyl sites for hydroxylation is 1. The third-order valence-corrected chi connectivity index (χ3v) is 4.41. The molecule has 0 atom stereocenters. The van der Waals surface area contributed by atoms with Crippen LogP contribution in [0.1, 0.15) is 12.8 Å². The molecule has 0 bridgehead atoms. The number of imidazole rings is 1. The molecular weight excluding hydrogens is 423 g/mol. The Morgan fingerprint density at radius 3 is 2.47 bits per heavy atom. The molecule has 162 valence electrons. The van der Waals surface area contributed by atoms with Crippen molar-refractivity contribution in [1.82, 2.24) is 24.4 Å². The zero-order chi connectivity index (χ0) is 19.8. The molecule has 0 aliphatic rings. The van der Waals surface area contributed by atoms with Crippen molar-refractivity contribution in [2.45, 2.75) is 19.4 Å². The van der Waals surface area contributed by atoms with Crippen molar-refractivity contribution in [1.29, 1.82) is 0 Å². The zero-order valence-corrected chi connectivity index (χ0v) is 18.4. The van der Waals surface area contributed by atoms with Crippen LogP contribution in [0.3, 0.4) is 0 Å². The van der Waals surface area contributed by atoms with Crippen molar-refractivity contribution in [3.05, 3.63) is 72.3 Å². The maximum Gasteiger partial charge on any atom is 0.280 e. The van der Waals surface area contributed by atoms with Gasteiger partial charge in [0.1, 0.15) is 0 Å². The van der Waals surface area contributed by atoms with Gasteiger partial charge in [0.15, 0.2) is 11.2 Å². The van der Waals surface area contributed by atoms with Gasteiger partial charge in [-0.25, -0.2) is 4.98 Å². The molecule has 1 aromatic carbocycles. The van der Waals surface area contributed by atoms with Crippen LogP contribution >= 0.6 is 24.8 Å². The smallest absolute Gasteiger partial charge is 0.280 e. The van der Waals surface area contributed by atoms with E-state index in [1.54, 1.807) is 6.33 Å². The molecule has 0 saturated heterocycles. The number of fused-ring (bicyclic) bond motifs is 1. The second-order valence-corrected chi connectivity index (χ2v) is 6.56. The zero-order valence-electron chi connectivity index (χ0n) is 16.8. The number of para-hydroxylation sites is 1. The highest BCUT2D eigenvalue weighted by Crippen LogP contribution is 2.14. The van der Waals surface area contributed by atoms with E-state index in [0.717, 1.165) is 44.7 Å². The summed E-state index contributed by atoms with van der Waals surface area (Å²) in [7, 11) is 0. The molecule has 0 unspecified atom stereocenters. The molecule has 3 rings (SSSR count). The van der Waals surface area contributed by atoms with Gasteiger partial charge in [-0.15, -0.1) is 38.0 Å². The number of nitrogens with zero attached hydrogens (tertiary/aromatic N) is 4. The maximum atomic E-state index is 12.3.